The number of hydrogen-bond donors (Lipinski definition) is 2. The van der Waals surface area contributed by atoms with E-state index in [0.717, 1.165) is 34.4 Å². The van der Waals surface area contributed by atoms with Gasteiger partial charge in [-0.2, -0.15) is 0 Å². The summed E-state index contributed by atoms with van der Waals surface area (Å²) in [7, 11) is 3.14. The number of carbonyl (C=O) groups is 3. The number of benzene rings is 2. The number of anilines is 1. The highest BCUT2D eigenvalue weighted by molar-refractivity contribution is 7.14. The first-order valence-corrected chi connectivity index (χ1v) is 12.0. The number of aromatic nitrogens is 1. The number of amides is 4. The molecule has 1 fully saturated rings. The van der Waals surface area contributed by atoms with E-state index in [9.17, 15) is 14.4 Å². The Morgan fingerprint density at radius 1 is 1.20 bits per heavy atom. The number of fused-ring (bicyclic) bond motifs is 2. The van der Waals surface area contributed by atoms with Crippen molar-refractivity contribution in [2.24, 2.45) is 0 Å². The van der Waals surface area contributed by atoms with Crippen LogP contribution in [0.2, 0.25) is 0 Å². The zero-order chi connectivity index (χ0) is 24.6. The highest BCUT2D eigenvalue weighted by Crippen LogP contribution is 2.40. The molecule has 1 aliphatic carbocycles. The molecule has 4 amide bonds. The SMILES string of the molecule is COc1ccc(OC)c(-c2csc(NC(=O)CN3C(=O)NC4(CCCc5ccccc54)C3=O)n2)c1. The van der Waals surface area contributed by atoms with Gasteiger partial charge in [0.1, 0.15) is 23.6 Å². The lowest BCUT2D eigenvalue weighted by molar-refractivity contribution is -0.134. The molecule has 0 saturated carbocycles. The first kappa shape index (κ1) is 22.9. The topological polar surface area (TPSA) is 110 Å². The Hall–Kier alpha value is -3.92. The van der Waals surface area contributed by atoms with Gasteiger partial charge < -0.3 is 20.1 Å². The van der Waals surface area contributed by atoms with Crippen LogP contribution in [0, 0.1) is 0 Å². The number of nitrogens with one attached hydrogen (secondary N) is 2. The Labute approximate surface area is 206 Å². The lowest BCUT2D eigenvalue weighted by atomic mass is 9.76. The molecule has 1 unspecified atom stereocenters. The minimum Gasteiger partial charge on any atom is -0.497 e. The predicted octanol–water partition coefficient (Wildman–Crippen LogP) is 3.55. The molecule has 1 aromatic heterocycles. The van der Waals surface area contributed by atoms with Gasteiger partial charge in [-0.05, 0) is 48.6 Å². The van der Waals surface area contributed by atoms with Crippen molar-refractivity contribution in [1.29, 1.82) is 0 Å². The van der Waals surface area contributed by atoms with E-state index in [1.807, 2.05) is 24.3 Å². The molecule has 0 radical (unpaired) electrons. The molecule has 2 heterocycles. The summed E-state index contributed by atoms with van der Waals surface area (Å²) in [5.74, 6) is 0.362. The Balaban J connectivity index is 1.31. The number of nitrogens with zero attached hydrogens (tertiary/aromatic N) is 2. The number of thiazole rings is 1. The molecule has 0 bridgehead atoms. The van der Waals surface area contributed by atoms with Crippen molar-refractivity contribution in [2.75, 3.05) is 26.1 Å². The molecular weight excluding hydrogens is 468 g/mol. The molecule has 2 aliphatic rings. The number of hydrogen-bond acceptors (Lipinski definition) is 7. The molecule has 9 nitrogen and oxygen atoms in total. The zero-order valence-electron chi connectivity index (χ0n) is 19.3. The molecule has 2 N–H and O–H groups in total. The van der Waals surface area contributed by atoms with Gasteiger partial charge in [-0.3, -0.25) is 14.5 Å². The van der Waals surface area contributed by atoms with Crippen LogP contribution in [0.15, 0.2) is 47.8 Å². The molecule has 5 rings (SSSR count). The van der Waals surface area contributed by atoms with Crippen molar-refractivity contribution >= 4 is 34.3 Å². The second-order valence-corrected chi connectivity index (χ2v) is 9.25. The van der Waals surface area contributed by atoms with Crippen LogP contribution in [0.3, 0.4) is 0 Å². The minimum atomic E-state index is -1.11. The second-order valence-electron chi connectivity index (χ2n) is 8.39. The summed E-state index contributed by atoms with van der Waals surface area (Å²) in [6, 6.07) is 12.4. The molecule has 2 aromatic carbocycles. The molecule has 10 heteroatoms. The lowest BCUT2D eigenvalue weighted by Crippen LogP contribution is -2.47. The van der Waals surface area contributed by atoms with Crippen molar-refractivity contribution < 1.29 is 23.9 Å². The molecule has 180 valence electrons. The largest absolute Gasteiger partial charge is 0.497 e. The van der Waals surface area contributed by atoms with Crippen molar-refractivity contribution in [2.45, 2.75) is 24.8 Å². The lowest BCUT2D eigenvalue weighted by Gasteiger charge is -2.33. The summed E-state index contributed by atoms with van der Waals surface area (Å²) in [4.78, 5) is 44.4. The highest BCUT2D eigenvalue weighted by Gasteiger charge is 2.54. The van der Waals surface area contributed by atoms with E-state index in [0.29, 0.717) is 28.7 Å². The Morgan fingerprint density at radius 2 is 2.03 bits per heavy atom. The van der Waals surface area contributed by atoms with Gasteiger partial charge in [0.15, 0.2) is 5.13 Å². The fourth-order valence-corrected chi connectivity index (χ4v) is 5.45. The average Bonchev–Trinajstić information content (AvgIpc) is 3.42. The Kier molecular flexibility index (Phi) is 5.89. The number of urea groups is 1. The first-order valence-electron chi connectivity index (χ1n) is 11.2. The molecule has 1 saturated heterocycles. The third-order valence-corrected chi connectivity index (χ3v) is 7.14. The predicted molar refractivity (Wildman–Crippen MR) is 131 cm³/mol. The van der Waals surface area contributed by atoms with E-state index in [-0.39, 0.29) is 0 Å². The summed E-state index contributed by atoms with van der Waals surface area (Å²) in [5, 5.41) is 7.69. The Morgan fingerprint density at radius 3 is 2.83 bits per heavy atom. The summed E-state index contributed by atoms with van der Waals surface area (Å²) >= 11 is 1.23. The van der Waals surface area contributed by atoms with Crippen molar-refractivity contribution in [1.82, 2.24) is 15.2 Å². The van der Waals surface area contributed by atoms with Gasteiger partial charge >= 0.3 is 6.03 Å². The molecule has 3 aromatic rings. The fraction of sp³-hybridized carbons (Fsp3) is 0.280. The van der Waals surface area contributed by atoms with Crippen LogP contribution in [0.25, 0.3) is 11.3 Å². The van der Waals surface area contributed by atoms with Crippen LogP contribution in [0.5, 0.6) is 11.5 Å². The van der Waals surface area contributed by atoms with Crippen LogP contribution in [0.1, 0.15) is 24.0 Å². The molecule has 1 aliphatic heterocycles. The van der Waals surface area contributed by atoms with Gasteiger partial charge in [-0.1, -0.05) is 24.3 Å². The number of imide groups is 1. The van der Waals surface area contributed by atoms with Crippen molar-refractivity contribution in [3.05, 3.63) is 59.0 Å². The van der Waals surface area contributed by atoms with Gasteiger partial charge in [-0.25, -0.2) is 9.78 Å². The number of rotatable bonds is 6. The number of methoxy groups -OCH3 is 2. The smallest absolute Gasteiger partial charge is 0.325 e. The van der Waals surface area contributed by atoms with Crippen LogP contribution >= 0.6 is 11.3 Å². The maximum absolute atomic E-state index is 13.4. The molecule has 1 spiro atoms. The highest BCUT2D eigenvalue weighted by atomic mass is 32.1. The summed E-state index contributed by atoms with van der Waals surface area (Å²) in [6.07, 6.45) is 2.13. The van der Waals surface area contributed by atoms with Crippen molar-refractivity contribution in [3.8, 4) is 22.8 Å². The van der Waals surface area contributed by atoms with Gasteiger partial charge in [0, 0.05) is 10.9 Å². The maximum Gasteiger partial charge on any atom is 0.325 e. The number of aryl methyl sites for hydroxylation is 1. The van der Waals surface area contributed by atoms with E-state index in [4.69, 9.17) is 9.47 Å². The van der Waals surface area contributed by atoms with E-state index in [1.165, 1.54) is 11.3 Å². The van der Waals surface area contributed by atoms with Crippen LogP contribution < -0.4 is 20.1 Å². The van der Waals surface area contributed by atoms with Gasteiger partial charge in [0.2, 0.25) is 5.91 Å². The summed E-state index contributed by atoms with van der Waals surface area (Å²) in [5.41, 5.74) is 2.07. The van der Waals surface area contributed by atoms with E-state index in [1.54, 1.807) is 37.8 Å². The normalized spacial score (nSPS) is 18.9. The number of carbonyl (C=O) groups excluding carboxylic acids is 3. The zero-order valence-corrected chi connectivity index (χ0v) is 20.1. The van der Waals surface area contributed by atoms with Crippen LogP contribution in [-0.2, 0) is 21.5 Å². The van der Waals surface area contributed by atoms with Gasteiger partial charge in [0.05, 0.1) is 19.9 Å². The maximum atomic E-state index is 13.4. The monoisotopic (exact) mass is 492 g/mol. The standard InChI is InChI=1S/C25H24N4O5S/c1-33-16-9-10-20(34-2)17(12-16)19-14-35-23(26-19)27-21(30)13-29-22(31)25(28-24(29)32)11-5-7-15-6-3-4-8-18(15)25/h3-4,6,8-10,12,14H,5,7,11,13H2,1-2H3,(H,28,32)(H,26,27,30). The van der Waals surface area contributed by atoms with Crippen LogP contribution in [-0.4, -0.2) is 48.5 Å². The third kappa shape index (κ3) is 3.99. The molecule has 35 heavy (non-hydrogen) atoms. The Bertz CT molecular complexity index is 1320. The molecular formula is C25H24N4O5S. The second kappa shape index (κ2) is 9.03. The first-order chi connectivity index (χ1) is 16.9. The van der Waals surface area contributed by atoms with Gasteiger partial charge in [0.25, 0.3) is 5.91 Å². The van der Waals surface area contributed by atoms with Crippen LogP contribution in [0.4, 0.5) is 9.93 Å². The summed E-state index contributed by atoms with van der Waals surface area (Å²) in [6.45, 7) is -0.397. The van der Waals surface area contributed by atoms with E-state index in [2.05, 4.69) is 15.6 Å². The fourth-order valence-electron chi connectivity index (χ4n) is 4.73. The summed E-state index contributed by atoms with van der Waals surface area (Å²) < 4.78 is 10.7. The minimum absolute atomic E-state index is 0.347. The average molecular weight is 493 g/mol. The molecule has 1 atom stereocenters. The quantitative estimate of drug-likeness (QED) is 0.510. The van der Waals surface area contributed by atoms with Gasteiger partial charge in [-0.15, -0.1) is 11.3 Å². The van der Waals surface area contributed by atoms with Crippen molar-refractivity contribution in [3.63, 3.8) is 0 Å². The van der Waals surface area contributed by atoms with E-state index < -0.39 is 29.9 Å². The van der Waals surface area contributed by atoms with E-state index >= 15 is 0 Å². The third-order valence-electron chi connectivity index (χ3n) is 6.39. The number of ether oxygens (including phenoxy) is 2.